The van der Waals surface area contributed by atoms with E-state index in [1.54, 1.807) is 0 Å². The molecule has 1 rings (SSSR count). The molecule has 0 aromatic heterocycles. The Bertz CT molecular complexity index is 240. The van der Waals surface area contributed by atoms with E-state index in [-0.39, 0.29) is 6.10 Å². The molecule has 0 amide bonds. The van der Waals surface area contributed by atoms with Crippen molar-refractivity contribution in [1.29, 1.82) is 0 Å². The van der Waals surface area contributed by atoms with Crippen LogP contribution in [0.25, 0.3) is 0 Å². The van der Waals surface area contributed by atoms with Crippen LogP contribution in [0.2, 0.25) is 0 Å². The minimum Gasteiger partial charge on any atom is -0.481 e. The molecule has 2 atom stereocenters. The Morgan fingerprint density at radius 2 is 1.47 bits per heavy atom. The summed E-state index contributed by atoms with van der Waals surface area (Å²) >= 11 is 0. The van der Waals surface area contributed by atoms with Crippen molar-refractivity contribution in [2.24, 2.45) is 5.92 Å². The summed E-state index contributed by atoms with van der Waals surface area (Å²) in [5.74, 6) is -0.0925. The summed E-state index contributed by atoms with van der Waals surface area (Å²) in [6, 6.07) is 0. The monoisotopic (exact) mass is 270 g/mol. The predicted molar refractivity (Wildman–Crippen MR) is 77.2 cm³/mol. The van der Waals surface area contributed by atoms with Gasteiger partial charge in [-0.05, 0) is 31.6 Å². The van der Waals surface area contributed by atoms with Crippen LogP contribution in [0.1, 0.15) is 83.5 Å². The third kappa shape index (κ3) is 8.25. The highest BCUT2D eigenvalue weighted by atomic mass is 16.4. The first-order valence-electron chi connectivity index (χ1n) is 8.10. The maximum absolute atomic E-state index is 10.3. The van der Waals surface area contributed by atoms with Gasteiger partial charge in [0, 0.05) is 6.42 Å². The summed E-state index contributed by atoms with van der Waals surface area (Å²) in [5.41, 5.74) is 0. The van der Waals surface area contributed by atoms with Gasteiger partial charge in [-0.3, -0.25) is 4.79 Å². The minimum atomic E-state index is -0.672. The van der Waals surface area contributed by atoms with E-state index in [2.05, 4.69) is 0 Å². The highest BCUT2D eigenvalue weighted by Crippen LogP contribution is 2.29. The van der Waals surface area contributed by atoms with Gasteiger partial charge >= 0.3 is 5.97 Å². The molecule has 1 aliphatic rings. The van der Waals surface area contributed by atoms with E-state index in [1.807, 2.05) is 0 Å². The quantitative estimate of drug-likeness (QED) is 0.555. The van der Waals surface area contributed by atoms with Crippen LogP contribution < -0.4 is 0 Å². The van der Waals surface area contributed by atoms with Gasteiger partial charge in [-0.1, -0.05) is 51.4 Å². The third-order valence-electron chi connectivity index (χ3n) is 4.33. The number of aliphatic hydroxyl groups is 1. The first-order chi connectivity index (χ1) is 9.20. The Morgan fingerprint density at radius 1 is 0.895 bits per heavy atom. The number of aliphatic carboxylic acids is 1. The van der Waals surface area contributed by atoms with Crippen LogP contribution in [0.15, 0.2) is 0 Å². The summed E-state index contributed by atoms with van der Waals surface area (Å²) in [5, 5.41) is 18.2. The predicted octanol–water partition coefficient (Wildman–Crippen LogP) is 4.13. The van der Waals surface area contributed by atoms with Gasteiger partial charge in [-0.2, -0.15) is 0 Å². The van der Waals surface area contributed by atoms with E-state index >= 15 is 0 Å². The zero-order chi connectivity index (χ0) is 13.9. The molecule has 0 bridgehead atoms. The lowest BCUT2D eigenvalue weighted by Gasteiger charge is -2.13. The summed E-state index contributed by atoms with van der Waals surface area (Å²) in [6.07, 6.45) is 14.4. The van der Waals surface area contributed by atoms with Crippen molar-refractivity contribution in [3.05, 3.63) is 0 Å². The number of carboxylic acids is 1. The van der Waals surface area contributed by atoms with Crippen molar-refractivity contribution in [1.82, 2.24) is 0 Å². The number of aliphatic hydroxyl groups excluding tert-OH is 1. The van der Waals surface area contributed by atoms with Crippen LogP contribution in [-0.4, -0.2) is 22.3 Å². The molecular weight excluding hydrogens is 240 g/mol. The Hall–Kier alpha value is -0.570. The second-order valence-corrected chi connectivity index (χ2v) is 6.02. The van der Waals surface area contributed by atoms with Gasteiger partial charge < -0.3 is 10.2 Å². The standard InChI is InChI=1S/C16H30O3/c17-15-12-9-11-14(15)10-7-5-3-1-2-4-6-8-13-16(18)19/h14-15,17H,1-13H2,(H,18,19). The number of unbranched alkanes of at least 4 members (excludes halogenated alkanes) is 7. The molecule has 0 aromatic carbocycles. The zero-order valence-electron chi connectivity index (χ0n) is 12.1. The number of hydrogen-bond donors (Lipinski definition) is 2. The molecule has 2 N–H and O–H groups in total. The largest absolute Gasteiger partial charge is 0.481 e. The SMILES string of the molecule is O=C(O)CCCCCCCCCCC1CCCC1O. The Labute approximate surface area is 117 Å². The van der Waals surface area contributed by atoms with E-state index in [4.69, 9.17) is 5.11 Å². The molecule has 0 aliphatic heterocycles. The average molecular weight is 270 g/mol. The van der Waals surface area contributed by atoms with Gasteiger partial charge in [0.25, 0.3) is 0 Å². The molecule has 0 aromatic rings. The van der Waals surface area contributed by atoms with E-state index in [1.165, 1.54) is 57.8 Å². The fourth-order valence-corrected chi connectivity index (χ4v) is 3.10. The van der Waals surface area contributed by atoms with Crippen molar-refractivity contribution in [2.45, 2.75) is 89.6 Å². The minimum absolute atomic E-state index is 0.0192. The van der Waals surface area contributed by atoms with Crippen molar-refractivity contribution >= 4 is 5.97 Å². The first-order valence-corrected chi connectivity index (χ1v) is 8.10. The molecule has 3 nitrogen and oxygen atoms in total. The fourth-order valence-electron chi connectivity index (χ4n) is 3.10. The molecule has 0 heterocycles. The van der Waals surface area contributed by atoms with Gasteiger partial charge in [-0.15, -0.1) is 0 Å². The Balaban J connectivity index is 1.77. The van der Waals surface area contributed by atoms with E-state index in [0.29, 0.717) is 12.3 Å². The summed E-state index contributed by atoms with van der Waals surface area (Å²) < 4.78 is 0. The van der Waals surface area contributed by atoms with E-state index in [0.717, 1.165) is 19.3 Å². The summed E-state index contributed by atoms with van der Waals surface area (Å²) in [6.45, 7) is 0. The molecule has 0 radical (unpaired) electrons. The van der Waals surface area contributed by atoms with E-state index in [9.17, 15) is 9.90 Å². The Morgan fingerprint density at radius 3 is 2.00 bits per heavy atom. The summed E-state index contributed by atoms with van der Waals surface area (Å²) in [7, 11) is 0. The van der Waals surface area contributed by atoms with Crippen LogP contribution in [0.4, 0.5) is 0 Å². The lowest BCUT2D eigenvalue weighted by atomic mass is 9.97. The molecule has 0 saturated heterocycles. The van der Waals surface area contributed by atoms with Gasteiger partial charge in [0.15, 0.2) is 0 Å². The van der Waals surface area contributed by atoms with Crippen LogP contribution in [-0.2, 0) is 4.79 Å². The van der Waals surface area contributed by atoms with Gasteiger partial charge in [0.1, 0.15) is 0 Å². The summed E-state index contributed by atoms with van der Waals surface area (Å²) in [4.78, 5) is 10.3. The normalized spacial score (nSPS) is 22.8. The molecular formula is C16H30O3. The molecule has 1 aliphatic carbocycles. The lowest BCUT2D eigenvalue weighted by molar-refractivity contribution is -0.137. The second-order valence-electron chi connectivity index (χ2n) is 6.02. The van der Waals surface area contributed by atoms with Crippen LogP contribution in [0.3, 0.4) is 0 Å². The van der Waals surface area contributed by atoms with Crippen molar-refractivity contribution in [2.75, 3.05) is 0 Å². The average Bonchev–Trinajstić information content (AvgIpc) is 2.77. The molecule has 19 heavy (non-hydrogen) atoms. The van der Waals surface area contributed by atoms with Crippen LogP contribution in [0, 0.1) is 5.92 Å². The zero-order valence-corrected chi connectivity index (χ0v) is 12.1. The molecule has 0 spiro atoms. The maximum Gasteiger partial charge on any atom is 0.303 e. The fraction of sp³-hybridized carbons (Fsp3) is 0.938. The Kier molecular flexibility index (Phi) is 8.89. The van der Waals surface area contributed by atoms with Crippen molar-refractivity contribution < 1.29 is 15.0 Å². The highest BCUT2D eigenvalue weighted by Gasteiger charge is 2.24. The van der Waals surface area contributed by atoms with Crippen molar-refractivity contribution in [3.8, 4) is 0 Å². The number of carbonyl (C=O) groups is 1. The maximum atomic E-state index is 10.3. The van der Waals surface area contributed by atoms with E-state index < -0.39 is 5.97 Å². The number of hydrogen-bond acceptors (Lipinski definition) is 2. The van der Waals surface area contributed by atoms with Gasteiger partial charge in [0.05, 0.1) is 6.10 Å². The molecule has 3 heteroatoms. The topological polar surface area (TPSA) is 57.5 Å². The van der Waals surface area contributed by atoms with Crippen LogP contribution >= 0.6 is 0 Å². The molecule has 1 fully saturated rings. The lowest BCUT2D eigenvalue weighted by Crippen LogP contribution is -2.12. The van der Waals surface area contributed by atoms with Crippen molar-refractivity contribution in [3.63, 3.8) is 0 Å². The highest BCUT2D eigenvalue weighted by molar-refractivity contribution is 5.66. The molecule has 1 saturated carbocycles. The first kappa shape index (κ1) is 16.5. The van der Waals surface area contributed by atoms with Crippen LogP contribution in [0.5, 0.6) is 0 Å². The number of rotatable bonds is 11. The third-order valence-corrected chi connectivity index (χ3v) is 4.33. The van der Waals surface area contributed by atoms with Gasteiger partial charge in [0.2, 0.25) is 0 Å². The smallest absolute Gasteiger partial charge is 0.303 e. The molecule has 2 unspecified atom stereocenters. The molecule has 112 valence electrons. The number of carboxylic acid groups (broad SMARTS) is 1. The van der Waals surface area contributed by atoms with Gasteiger partial charge in [-0.25, -0.2) is 0 Å². The second kappa shape index (κ2) is 10.2.